The summed E-state index contributed by atoms with van der Waals surface area (Å²) in [4.78, 5) is 24.9. The maximum absolute atomic E-state index is 12.6. The fraction of sp³-hybridized carbons (Fsp3) is 0.263. The lowest BCUT2D eigenvalue weighted by Crippen LogP contribution is -2.30. The number of nitrogens with one attached hydrogen (secondary N) is 1. The third-order valence-corrected chi connectivity index (χ3v) is 6.29. The number of para-hydroxylation sites is 1. The van der Waals surface area contributed by atoms with Gasteiger partial charge in [0.2, 0.25) is 15.9 Å². The van der Waals surface area contributed by atoms with Crippen LogP contribution in [0.3, 0.4) is 0 Å². The molecule has 0 aliphatic carbocycles. The van der Waals surface area contributed by atoms with E-state index in [0.29, 0.717) is 0 Å². The van der Waals surface area contributed by atoms with E-state index in [0.717, 1.165) is 21.1 Å². The van der Waals surface area contributed by atoms with E-state index in [-0.39, 0.29) is 22.9 Å². The largest absolute Gasteiger partial charge is 0.322 e. The van der Waals surface area contributed by atoms with Crippen molar-refractivity contribution in [2.75, 3.05) is 15.4 Å². The van der Waals surface area contributed by atoms with Crippen LogP contribution in [0.2, 0.25) is 0 Å². The van der Waals surface area contributed by atoms with Crippen LogP contribution < -0.4 is 9.62 Å². The predicted octanol–water partition coefficient (Wildman–Crippen LogP) is 2.87. The average Bonchev–Trinajstić information content (AvgIpc) is 2.78. The lowest BCUT2D eigenvalue weighted by Gasteiger charge is -2.16. The zero-order valence-electron chi connectivity index (χ0n) is 14.8. The second kappa shape index (κ2) is 6.57. The van der Waals surface area contributed by atoms with E-state index in [1.54, 1.807) is 19.1 Å². The second-order valence-electron chi connectivity index (χ2n) is 6.55. The monoisotopic (exact) mass is 372 g/mol. The van der Waals surface area contributed by atoms with Crippen LogP contribution in [0.5, 0.6) is 0 Å². The molecular formula is C19H20N2O4S. The number of nitrogens with zero attached hydrogens (tertiary/aromatic N) is 1. The van der Waals surface area contributed by atoms with Crippen LogP contribution in [0.4, 0.5) is 11.4 Å². The number of hydrogen-bond donors (Lipinski definition) is 1. The van der Waals surface area contributed by atoms with Crippen molar-refractivity contribution in [3.63, 3.8) is 0 Å². The Bertz CT molecular complexity index is 978. The number of aryl methyl sites for hydroxylation is 2. The molecule has 2 amide bonds. The maximum atomic E-state index is 12.6. The number of carbonyl (C=O) groups excluding carboxylic acids is 2. The van der Waals surface area contributed by atoms with Crippen LogP contribution in [0, 0.1) is 19.8 Å². The Morgan fingerprint density at radius 2 is 1.73 bits per heavy atom. The molecule has 26 heavy (non-hydrogen) atoms. The van der Waals surface area contributed by atoms with E-state index in [1.165, 1.54) is 12.1 Å². The number of anilines is 2. The first-order chi connectivity index (χ1) is 12.2. The average molecular weight is 372 g/mol. The standard InChI is InChI=1S/C19H20N2O4S/c1-12-6-4-7-13(2)17(12)20-18(22)15-8-5-9-16(10-15)21-19(23)14(3)11-26(21,24)25/h4-10,14H,11H2,1-3H3,(H,20,22)/t14-/m0/s1. The van der Waals surface area contributed by atoms with E-state index in [1.807, 2.05) is 32.0 Å². The molecule has 7 heteroatoms. The van der Waals surface area contributed by atoms with Crippen molar-refractivity contribution in [3.05, 3.63) is 59.2 Å². The summed E-state index contributed by atoms with van der Waals surface area (Å²) < 4.78 is 25.3. The Morgan fingerprint density at radius 1 is 1.12 bits per heavy atom. The van der Waals surface area contributed by atoms with Crippen LogP contribution >= 0.6 is 0 Å². The molecule has 1 heterocycles. The highest BCUT2D eigenvalue weighted by Crippen LogP contribution is 2.29. The van der Waals surface area contributed by atoms with Crippen LogP contribution in [0.25, 0.3) is 0 Å². The zero-order chi connectivity index (χ0) is 19.1. The van der Waals surface area contributed by atoms with Gasteiger partial charge in [0.1, 0.15) is 0 Å². The molecule has 0 spiro atoms. The van der Waals surface area contributed by atoms with Gasteiger partial charge in [-0.15, -0.1) is 0 Å². The van der Waals surface area contributed by atoms with Gasteiger partial charge in [0, 0.05) is 11.3 Å². The van der Waals surface area contributed by atoms with Gasteiger partial charge in [-0.3, -0.25) is 9.59 Å². The molecule has 1 N–H and O–H groups in total. The summed E-state index contributed by atoms with van der Waals surface area (Å²) in [6.07, 6.45) is 0. The molecule has 0 aromatic heterocycles. The lowest BCUT2D eigenvalue weighted by atomic mass is 10.1. The molecule has 2 aromatic rings. The van der Waals surface area contributed by atoms with Gasteiger partial charge in [0.05, 0.1) is 17.4 Å². The van der Waals surface area contributed by atoms with Crippen molar-refractivity contribution >= 4 is 33.2 Å². The highest BCUT2D eigenvalue weighted by atomic mass is 32.2. The van der Waals surface area contributed by atoms with Crippen molar-refractivity contribution in [1.82, 2.24) is 0 Å². The van der Waals surface area contributed by atoms with Gasteiger partial charge >= 0.3 is 0 Å². The maximum Gasteiger partial charge on any atom is 0.255 e. The topological polar surface area (TPSA) is 83.6 Å². The fourth-order valence-electron chi connectivity index (χ4n) is 3.06. The minimum atomic E-state index is -3.70. The molecule has 0 saturated carbocycles. The van der Waals surface area contributed by atoms with Gasteiger partial charge in [0.15, 0.2) is 0 Å². The Hall–Kier alpha value is -2.67. The number of carbonyl (C=O) groups is 2. The number of rotatable bonds is 3. The highest BCUT2D eigenvalue weighted by molar-refractivity contribution is 7.94. The third-order valence-electron chi connectivity index (χ3n) is 4.42. The molecule has 0 unspecified atom stereocenters. The molecule has 2 aromatic carbocycles. The Kier molecular flexibility index (Phi) is 4.58. The fourth-order valence-corrected chi connectivity index (χ4v) is 4.87. The number of benzene rings is 2. The summed E-state index contributed by atoms with van der Waals surface area (Å²) in [6, 6.07) is 11.8. The highest BCUT2D eigenvalue weighted by Gasteiger charge is 2.42. The van der Waals surface area contributed by atoms with E-state index < -0.39 is 21.8 Å². The van der Waals surface area contributed by atoms with Gasteiger partial charge in [-0.2, -0.15) is 0 Å². The van der Waals surface area contributed by atoms with Gasteiger partial charge in [-0.05, 0) is 43.2 Å². The number of sulfonamides is 1. The molecular weight excluding hydrogens is 352 g/mol. The first-order valence-corrected chi connectivity index (χ1v) is 9.86. The van der Waals surface area contributed by atoms with E-state index >= 15 is 0 Å². The zero-order valence-corrected chi connectivity index (χ0v) is 15.6. The number of amides is 2. The molecule has 6 nitrogen and oxygen atoms in total. The van der Waals surface area contributed by atoms with E-state index in [9.17, 15) is 18.0 Å². The van der Waals surface area contributed by atoms with E-state index in [4.69, 9.17) is 0 Å². The Morgan fingerprint density at radius 3 is 2.31 bits per heavy atom. The lowest BCUT2D eigenvalue weighted by molar-refractivity contribution is -0.119. The van der Waals surface area contributed by atoms with Crippen molar-refractivity contribution in [3.8, 4) is 0 Å². The summed E-state index contributed by atoms with van der Waals surface area (Å²) in [7, 11) is -3.70. The summed E-state index contributed by atoms with van der Waals surface area (Å²) in [5.41, 5.74) is 3.06. The molecule has 3 rings (SSSR count). The van der Waals surface area contributed by atoms with Crippen molar-refractivity contribution in [2.45, 2.75) is 20.8 Å². The van der Waals surface area contributed by atoms with Gasteiger partial charge in [-0.1, -0.05) is 31.2 Å². The molecule has 1 saturated heterocycles. The van der Waals surface area contributed by atoms with Crippen LogP contribution in [0.15, 0.2) is 42.5 Å². The summed E-state index contributed by atoms with van der Waals surface area (Å²) >= 11 is 0. The predicted molar refractivity (Wildman–Crippen MR) is 101 cm³/mol. The van der Waals surface area contributed by atoms with Crippen LogP contribution in [0.1, 0.15) is 28.4 Å². The van der Waals surface area contributed by atoms with Gasteiger partial charge in [-0.25, -0.2) is 12.7 Å². The summed E-state index contributed by atoms with van der Waals surface area (Å²) in [6.45, 7) is 5.38. The number of hydrogen-bond acceptors (Lipinski definition) is 4. The van der Waals surface area contributed by atoms with Gasteiger partial charge in [0.25, 0.3) is 5.91 Å². The minimum absolute atomic E-state index is 0.188. The molecule has 0 bridgehead atoms. The van der Waals surface area contributed by atoms with Crippen molar-refractivity contribution in [1.29, 1.82) is 0 Å². The van der Waals surface area contributed by atoms with Crippen molar-refractivity contribution in [2.24, 2.45) is 5.92 Å². The smallest absolute Gasteiger partial charge is 0.255 e. The molecule has 1 aliphatic heterocycles. The summed E-state index contributed by atoms with van der Waals surface area (Å²) in [5.74, 6) is -1.64. The molecule has 1 atom stereocenters. The van der Waals surface area contributed by atoms with Crippen LogP contribution in [-0.2, 0) is 14.8 Å². The van der Waals surface area contributed by atoms with Crippen molar-refractivity contribution < 1.29 is 18.0 Å². The molecule has 1 fully saturated rings. The Balaban J connectivity index is 1.93. The third kappa shape index (κ3) is 3.22. The normalized spacial score (nSPS) is 18.8. The minimum Gasteiger partial charge on any atom is -0.322 e. The molecule has 136 valence electrons. The second-order valence-corrected chi connectivity index (χ2v) is 8.42. The Labute approximate surface area is 152 Å². The molecule has 0 radical (unpaired) electrons. The van der Waals surface area contributed by atoms with Gasteiger partial charge < -0.3 is 5.32 Å². The first-order valence-electron chi connectivity index (χ1n) is 8.25. The molecule has 1 aliphatic rings. The summed E-state index contributed by atoms with van der Waals surface area (Å²) in [5, 5.41) is 2.86. The SMILES string of the molecule is Cc1cccc(C)c1NC(=O)c1cccc(N2C(=O)[C@@H](C)CS2(=O)=O)c1. The quantitative estimate of drug-likeness (QED) is 0.898. The first kappa shape index (κ1) is 18.1. The van der Waals surface area contributed by atoms with E-state index in [2.05, 4.69) is 5.32 Å². The van der Waals surface area contributed by atoms with Crippen LogP contribution in [-0.4, -0.2) is 26.0 Å².